The molecule has 0 aliphatic heterocycles. The van der Waals surface area contributed by atoms with Gasteiger partial charge in [-0.3, -0.25) is 0 Å². The van der Waals surface area contributed by atoms with E-state index in [2.05, 4.69) is 20.4 Å². The van der Waals surface area contributed by atoms with Gasteiger partial charge < -0.3 is 13.6 Å². The largest absolute Gasteiger partial charge is 0.484 e. The predicted molar refractivity (Wildman–Crippen MR) is 67.8 cm³/mol. The van der Waals surface area contributed by atoms with Crippen molar-refractivity contribution in [2.75, 3.05) is 0 Å². The number of aromatic nitrogens is 4. The molecule has 3 aromatic rings. The van der Waals surface area contributed by atoms with E-state index in [0.29, 0.717) is 29.3 Å². The van der Waals surface area contributed by atoms with Crippen LogP contribution in [0.25, 0.3) is 11.5 Å². The van der Waals surface area contributed by atoms with Crippen LogP contribution in [0.3, 0.4) is 0 Å². The minimum absolute atomic E-state index is 0.236. The summed E-state index contributed by atoms with van der Waals surface area (Å²) in [4.78, 5) is 0. The van der Waals surface area contributed by atoms with Crippen molar-refractivity contribution >= 4 is 0 Å². The van der Waals surface area contributed by atoms with Gasteiger partial charge in [0.2, 0.25) is 17.7 Å². The Morgan fingerprint density at radius 3 is 2.20 bits per heavy atom. The first-order chi connectivity index (χ1) is 9.70. The smallest absolute Gasteiger partial charge is 0.253 e. The Morgan fingerprint density at radius 1 is 0.900 bits per heavy atom. The third kappa shape index (κ3) is 2.66. The van der Waals surface area contributed by atoms with E-state index < -0.39 is 0 Å². The maximum Gasteiger partial charge on any atom is 0.253 e. The van der Waals surface area contributed by atoms with Gasteiger partial charge in [0.15, 0.2) is 6.61 Å². The molecular formula is C13H12N4O3. The molecule has 0 atom stereocenters. The summed E-state index contributed by atoms with van der Waals surface area (Å²) in [5.74, 6) is 2.68. The van der Waals surface area contributed by atoms with Crippen LogP contribution in [-0.4, -0.2) is 20.4 Å². The third-order valence-corrected chi connectivity index (χ3v) is 2.56. The highest BCUT2D eigenvalue weighted by atomic mass is 16.5. The predicted octanol–water partition coefficient (Wildman–Crippen LogP) is 2.32. The number of hydrogen-bond donors (Lipinski definition) is 0. The lowest BCUT2D eigenvalue weighted by atomic mass is 10.2. The van der Waals surface area contributed by atoms with Gasteiger partial charge in [-0.15, -0.1) is 20.4 Å². The molecule has 0 aliphatic carbocycles. The van der Waals surface area contributed by atoms with Crippen LogP contribution in [0.15, 0.2) is 33.1 Å². The summed E-state index contributed by atoms with van der Waals surface area (Å²) in [7, 11) is 0. The van der Waals surface area contributed by atoms with Crippen LogP contribution >= 0.6 is 0 Å². The molecule has 7 heteroatoms. The second-order valence-corrected chi connectivity index (χ2v) is 4.15. The highest BCUT2D eigenvalue weighted by Gasteiger charge is 2.07. The summed E-state index contributed by atoms with van der Waals surface area (Å²) >= 11 is 0. The van der Waals surface area contributed by atoms with E-state index in [1.54, 1.807) is 13.8 Å². The molecule has 0 fully saturated rings. The average Bonchev–Trinajstić information content (AvgIpc) is 3.06. The van der Waals surface area contributed by atoms with E-state index in [0.717, 1.165) is 5.56 Å². The monoisotopic (exact) mass is 272 g/mol. The minimum Gasteiger partial charge on any atom is -0.484 e. The van der Waals surface area contributed by atoms with Crippen LogP contribution in [0.2, 0.25) is 0 Å². The topological polar surface area (TPSA) is 87.1 Å². The van der Waals surface area contributed by atoms with Crippen LogP contribution in [0.1, 0.15) is 17.7 Å². The zero-order valence-electron chi connectivity index (χ0n) is 11.0. The highest BCUT2D eigenvalue weighted by molar-refractivity contribution is 5.53. The van der Waals surface area contributed by atoms with Gasteiger partial charge in [-0.2, -0.15) is 0 Å². The molecule has 0 aliphatic rings. The summed E-state index contributed by atoms with van der Waals surface area (Å²) < 4.78 is 16.1. The fourth-order valence-electron chi connectivity index (χ4n) is 1.65. The quantitative estimate of drug-likeness (QED) is 0.720. The summed E-state index contributed by atoms with van der Waals surface area (Å²) in [6.45, 7) is 3.72. The first-order valence-electron chi connectivity index (χ1n) is 6.03. The molecule has 0 amide bonds. The lowest BCUT2D eigenvalue weighted by molar-refractivity contribution is 0.260. The fourth-order valence-corrected chi connectivity index (χ4v) is 1.65. The van der Waals surface area contributed by atoms with E-state index in [1.165, 1.54) is 0 Å². The first-order valence-corrected chi connectivity index (χ1v) is 6.03. The Bertz CT molecular complexity index is 702. The van der Waals surface area contributed by atoms with E-state index >= 15 is 0 Å². The molecule has 2 heterocycles. The molecular weight excluding hydrogens is 260 g/mol. The molecule has 0 N–H and O–H groups in total. The van der Waals surface area contributed by atoms with Crippen LogP contribution in [-0.2, 0) is 6.61 Å². The number of aryl methyl sites for hydroxylation is 2. The van der Waals surface area contributed by atoms with E-state index in [-0.39, 0.29) is 6.61 Å². The van der Waals surface area contributed by atoms with E-state index in [4.69, 9.17) is 13.6 Å². The maximum atomic E-state index is 5.54. The molecule has 0 saturated carbocycles. The standard InChI is InChI=1S/C13H12N4O3/c1-8-14-16-12(19-8)7-18-11-5-3-10(4-6-11)13-17-15-9(2)20-13/h3-6H,7H2,1-2H3. The molecule has 1 aromatic carbocycles. The van der Waals surface area contributed by atoms with Gasteiger partial charge >= 0.3 is 0 Å². The summed E-state index contributed by atoms with van der Waals surface area (Å²) in [5.41, 5.74) is 0.839. The van der Waals surface area contributed by atoms with Crippen molar-refractivity contribution in [3.8, 4) is 17.2 Å². The Labute approximate surface area is 114 Å². The second kappa shape index (κ2) is 5.12. The summed E-state index contributed by atoms with van der Waals surface area (Å²) in [5, 5.41) is 15.3. The molecule has 3 rings (SSSR count). The van der Waals surface area contributed by atoms with Crippen LogP contribution < -0.4 is 4.74 Å². The maximum absolute atomic E-state index is 5.54. The van der Waals surface area contributed by atoms with Gasteiger partial charge in [0.25, 0.3) is 5.89 Å². The Hall–Kier alpha value is -2.70. The van der Waals surface area contributed by atoms with Crippen LogP contribution in [0, 0.1) is 13.8 Å². The zero-order chi connectivity index (χ0) is 13.9. The van der Waals surface area contributed by atoms with Gasteiger partial charge in [0, 0.05) is 19.4 Å². The van der Waals surface area contributed by atoms with Gasteiger partial charge in [0.1, 0.15) is 5.75 Å². The molecule has 0 radical (unpaired) electrons. The van der Waals surface area contributed by atoms with E-state index in [9.17, 15) is 0 Å². The van der Waals surface area contributed by atoms with Gasteiger partial charge in [0.05, 0.1) is 0 Å². The van der Waals surface area contributed by atoms with Gasteiger partial charge in [-0.25, -0.2) is 0 Å². The number of hydrogen-bond acceptors (Lipinski definition) is 7. The second-order valence-electron chi connectivity index (χ2n) is 4.15. The lowest BCUT2D eigenvalue weighted by Crippen LogP contribution is -1.95. The Balaban J connectivity index is 1.67. The number of rotatable bonds is 4. The molecule has 2 aromatic heterocycles. The van der Waals surface area contributed by atoms with Gasteiger partial charge in [-0.05, 0) is 24.3 Å². The van der Waals surface area contributed by atoms with Crippen LogP contribution in [0.5, 0.6) is 5.75 Å². The van der Waals surface area contributed by atoms with Crippen molar-refractivity contribution in [1.29, 1.82) is 0 Å². The SMILES string of the molecule is Cc1nnc(COc2ccc(-c3nnc(C)o3)cc2)o1. The fraction of sp³-hybridized carbons (Fsp3) is 0.231. The lowest BCUT2D eigenvalue weighted by Gasteiger charge is -2.03. The molecule has 20 heavy (non-hydrogen) atoms. The normalized spacial score (nSPS) is 10.7. The molecule has 7 nitrogen and oxygen atoms in total. The third-order valence-electron chi connectivity index (χ3n) is 2.56. The van der Waals surface area contributed by atoms with Crippen molar-refractivity contribution in [3.05, 3.63) is 41.9 Å². The number of ether oxygens (including phenoxy) is 1. The minimum atomic E-state index is 0.236. The summed E-state index contributed by atoms with van der Waals surface area (Å²) in [6.07, 6.45) is 0. The van der Waals surface area contributed by atoms with Crippen molar-refractivity contribution in [3.63, 3.8) is 0 Å². The van der Waals surface area contributed by atoms with Crippen molar-refractivity contribution in [2.24, 2.45) is 0 Å². The number of nitrogens with zero attached hydrogens (tertiary/aromatic N) is 4. The Morgan fingerprint density at radius 2 is 1.60 bits per heavy atom. The van der Waals surface area contributed by atoms with Crippen LogP contribution in [0.4, 0.5) is 0 Å². The Kier molecular flexibility index (Phi) is 3.16. The van der Waals surface area contributed by atoms with Crippen molar-refractivity contribution in [2.45, 2.75) is 20.5 Å². The molecule has 102 valence electrons. The van der Waals surface area contributed by atoms with E-state index in [1.807, 2.05) is 24.3 Å². The van der Waals surface area contributed by atoms with Crippen molar-refractivity contribution < 1.29 is 13.6 Å². The molecule has 0 spiro atoms. The highest BCUT2D eigenvalue weighted by Crippen LogP contribution is 2.21. The average molecular weight is 272 g/mol. The molecule has 0 saturated heterocycles. The van der Waals surface area contributed by atoms with Gasteiger partial charge in [-0.1, -0.05) is 0 Å². The first kappa shape index (κ1) is 12.3. The number of benzene rings is 1. The van der Waals surface area contributed by atoms with Crippen molar-refractivity contribution in [1.82, 2.24) is 20.4 Å². The zero-order valence-corrected chi connectivity index (χ0v) is 11.0. The molecule has 0 unspecified atom stereocenters. The summed E-state index contributed by atoms with van der Waals surface area (Å²) in [6, 6.07) is 7.33. The molecule has 0 bridgehead atoms.